The first kappa shape index (κ1) is 13.2. The number of nitrogen functional groups attached to an aromatic ring is 2. The highest BCUT2D eigenvalue weighted by molar-refractivity contribution is 8.76. The van der Waals surface area contributed by atoms with Gasteiger partial charge in [-0.3, -0.25) is 0 Å². The second kappa shape index (κ2) is 6.61. The van der Waals surface area contributed by atoms with Crippen LogP contribution in [0.3, 0.4) is 0 Å². The Labute approximate surface area is 116 Å². The molecular formula is C14H16N2S2. The summed E-state index contributed by atoms with van der Waals surface area (Å²) in [6.45, 7) is 0. The molecule has 4 N–H and O–H groups in total. The third-order valence-electron chi connectivity index (χ3n) is 2.49. The fourth-order valence-corrected chi connectivity index (χ4v) is 3.59. The molecule has 2 aromatic rings. The molecule has 0 heterocycles. The molecule has 0 aromatic heterocycles. The molecule has 94 valence electrons. The van der Waals surface area contributed by atoms with Crippen molar-refractivity contribution in [2.75, 3.05) is 11.5 Å². The van der Waals surface area contributed by atoms with Gasteiger partial charge in [-0.15, -0.1) is 0 Å². The molecule has 4 heteroatoms. The van der Waals surface area contributed by atoms with Crippen LogP contribution in [0.1, 0.15) is 11.1 Å². The molecule has 0 aliphatic heterocycles. The Kier molecular flexibility index (Phi) is 4.84. The van der Waals surface area contributed by atoms with E-state index in [0.717, 1.165) is 22.9 Å². The molecule has 0 aliphatic carbocycles. The standard InChI is InChI=1S/C14H16N2S2/c15-13-5-1-11(2-6-13)9-17-18-10-12-3-7-14(16)8-4-12/h1-8H,9-10,15-16H2. The van der Waals surface area contributed by atoms with E-state index in [0.29, 0.717) is 0 Å². The van der Waals surface area contributed by atoms with Gasteiger partial charge in [-0.1, -0.05) is 45.9 Å². The number of hydrogen-bond acceptors (Lipinski definition) is 4. The molecule has 0 saturated carbocycles. The summed E-state index contributed by atoms with van der Waals surface area (Å²) >= 11 is 0. The van der Waals surface area contributed by atoms with E-state index < -0.39 is 0 Å². The zero-order chi connectivity index (χ0) is 12.8. The van der Waals surface area contributed by atoms with Crippen molar-refractivity contribution in [2.45, 2.75) is 11.5 Å². The summed E-state index contributed by atoms with van der Waals surface area (Å²) in [6.07, 6.45) is 0. The molecule has 0 spiro atoms. The van der Waals surface area contributed by atoms with Crippen molar-refractivity contribution < 1.29 is 0 Å². The first-order valence-electron chi connectivity index (χ1n) is 5.67. The molecule has 0 bridgehead atoms. The largest absolute Gasteiger partial charge is 0.399 e. The molecule has 0 unspecified atom stereocenters. The molecule has 2 nitrogen and oxygen atoms in total. The minimum absolute atomic E-state index is 0.818. The lowest BCUT2D eigenvalue weighted by molar-refractivity contribution is 1.42. The van der Waals surface area contributed by atoms with Gasteiger partial charge in [-0.25, -0.2) is 0 Å². The molecule has 0 aliphatic rings. The summed E-state index contributed by atoms with van der Waals surface area (Å²) in [4.78, 5) is 0. The van der Waals surface area contributed by atoms with Crippen LogP contribution in [-0.2, 0) is 11.5 Å². The lowest BCUT2D eigenvalue weighted by Crippen LogP contribution is -1.86. The maximum absolute atomic E-state index is 5.65. The van der Waals surface area contributed by atoms with Gasteiger partial charge in [0.15, 0.2) is 0 Å². The van der Waals surface area contributed by atoms with E-state index in [-0.39, 0.29) is 0 Å². The third kappa shape index (κ3) is 4.20. The Morgan fingerprint density at radius 1 is 0.611 bits per heavy atom. The highest BCUT2D eigenvalue weighted by Crippen LogP contribution is 2.29. The second-order valence-corrected chi connectivity index (χ2v) is 6.47. The average molecular weight is 276 g/mol. The van der Waals surface area contributed by atoms with Crippen molar-refractivity contribution in [3.05, 3.63) is 59.7 Å². The topological polar surface area (TPSA) is 52.0 Å². The van der Waals surface area contributed by atoms with Gasteiger partial charge < -0.3 is 11.5 Å². The van der Waals surface area contributed by atoms with E-state index in [1.807, 2.05) is 45.9 Å². The Morgan fingerprint density at radius 2 is 0.944 bits per heavy atom. The normalized spacial score (nSPS) is 10.4. The predicted octanol–water partition coefficient (Wildman–Crippen LogP) is 3.93. The molecule has 2 rings (SSSR count). The van der Waals surface area contributed by atoms with Gasteiger partial charge in [-0.05, 0) is 35.4 Å². The summed E-state index contributed by atoms with van der Waals surface area (Å²) in [5, 5.41) is 0. The van der Waals surface area contributed by atoms with E-state index in [2.05, 4.69) is 24.3 Å². The predicted molar refractivity (Wildman–Crippen MR) is 84.3 cm³/mol. The molecular weight excluding hydrogens is 260 g/mol. The van der Waals surface area contributed by atoms with E-state index >= 15 is 0 Å². The van der Waals surface area contributed by atoms with E-state index in [1.54, 1.807) is 0 Å². The molecule has 18 heavy (non-hydrogen) atoms. The Balaban J connectivity index is 1.73. The summed E-state index contributed by atoms with van der Waals surface area (Å²) in [7, 11) is 3.71. The van der Waals surface area contributed by atoms with Crippen LogP contribution in [0.2, 0.25) is 0 Å². The Morgan fingerprint density at radius 3 is 1.28 bits per heavy atom. The first-order valence-corrected chi connectivity index (χ1v) is 8.16. The molecule has 0 fully saturated rings. The third-order valence-corrected chi connectivity index (χ3v) is 4.77. The van der Waals surface area contributed by atoms with Crippen molar-refractivity contribution in [1.82, 2.24) is 0 Å². The minimum Gasteiger partial charge on any atom is -0.399 e. The maximum Gasteiger partial charge on any atom is 0.0314 e. The monoisotopic (exact) mass is 276 g/mol. The van der Waals surface area contributed by atoms with Crippen molar-refractivity contribution >= 4 is 33.0 Å². The fraction of sp³-hybridized carbons (Fsp3) is 0.143. The maximum atomic E-state index is 5.65. The van der Waals surface area contributed by atoms with Crippen LogP contribution < -0.4 is 11.5 Å². The molecule has 0 radical (unpaired) electrons. The lowest BCUT2D eigenvalue weighted by Gasteiger charge is -2.03. The van der Waals surface area contributed by atoms with Gasteiger partial charge in [0.2, 0.25) is 0 Å². The number of hydrogen-bond donors (Lipinski definition) is 2. The Bertz CT molecular complexity index is 433. The first-order chi connectivity index (χ1) is 8.74. The van der Waals surface area contributed by atoms with Crippen LogP contribution >= 0.6 is 21.6 Å². The number of benzene rings is 2. The van der Waals surface area contributed by atoms with Crippen LogP contribution in [-0.4, -0.2) is 0 Å². The van der Waals surface area contributed by atoms with Crippen molar-refractivity contribution in [1.29, 1.82) is 0 Å². The number of rotatable bonds is 5. The highest BCUT2D eigenvalue weighted by atomic mass is 33.1. The van der Waals surface area contributed by atoms with Crippen LogP contribution in [0.25, 0.3) is 0 Å². The molecule has 2 aromatic carbocycles. The molecule has 0 amide bonds. The zero-order valence-corrected chi connectivity index (χ0v) is 11.6. The summed E-state index contributed by atoms with van der Waals surface area (Å²) in [5.41, 5.74) is 15.5. The lowest BCUT2D eigenvalue weighted by atomic mass is 10.2. The molecule has 0 saturated heterocycles. The van der Waals surface area contributed by atoms with E-state index in [4.69, 9.17) is 11.5 Å². The van der Waals surface area contributed by atoms with Crippen molar-refractivity contribution in [3.8, 4) is 0 Å². The van der Waals surface area contributed by atoms with Gasteiger partial charge in [0.05, 0.1) is 0 Å². The highest BCUT2D eigenvalue weighted by Gasteiger charge is 1.96. The average Bonchev–Trinajstić information content (AvgIpc) is 2.39. The van der Waals surface area contributed by atoms with Gasteiger partial charge in [0.1, 0.15) is 0 Å². The number of anilines is 2. The van der Waals surface area contributed by atoms with E-state index in [9.17, 15) is 0 Å². The van der Waals surface area contributed by atoms with Gasteiger partial charge >= 0.3 is 0 Å². The Hall–Kier alpha value is -1.26. The van der Waals surface area contributed by atoms with Gasteiger partial charge in [0, 0.05) is 22.9 Å². The van der Waals surface area contributed by atoms with Crippen LogP contribution in [0.4, 0.5) is 11.4 Å². The fourth-order valence-electron chi connectivity index (χ4n) is 1.45. The van der Waals surface area contributed by atoms with Crippen LogP contribution in [0.5, 0.6) is 0 Å². The molecule has 0 atom stereocenters. The number of nitrogens with two attached hydrogens (primary N) is 2. The van der Waals surface area contributed by atoms with E-state index in [1.165, 1.54) is 11.1 Å². The van der Waals surface area contributed by atoms with Gasteiger partial charge in [-0.2, -0.15) is 0 Å². The summed E-state index contributed by atoms with van der Waals surface area (Å²) in [6, 6.07) is 16.1. The SMILES string of the molecule is Nc1ccc(CSSCc2ccc(N)cc2)cc1. The van der Waals surface area contributed by atoms with Crippen molar-refractivity contribution in [2.24, 2.45) is 0 Å². The second-order valence-electron chi connectivity index (χ2n) is 4.01. The zero-order valence-electron chi connectivity index (χ0n) is 10.0. The smallest absolute Gasteiger partial charge is 0.0314 e. The quantitative estimate of drug-likeness (QED) is 0.493. The van der Waals surface area contributed by atoms with Crippen molar-refractivity contribution in [3.63, 3.8) is 0 Å². The summed E-state index contributed by atoms with van der Waals surface area (Å²) in [5.74, 6) is 2.00. The van der Waals surface area contributed by atoms with Crippen LogP contribution in [0, 0.1) is 0 Å². The minimum atomic E-state index is 0.818. The van der Waals surface area contributed by atoms with Crippen LogP contribution in [0.15, 0.2) is 48.5 Å². The van der Waals surface area contributed by atoms with Gasteiger partial charge in [0.25, 0.3) is 0 Å². The summed E-state index contributed by atoms with van der Waals surface area (Å²) < 4.78 is 0.